The molecule has 1 aliphatic rings. The van der Waals surface area contributed by atoms with Crippen LogP contribution in [-0.4, -0.2) is 81.5 Å². The molecule has 0 radical (unpaired) electrons. The first-order valence-electron chi connectivity index (χ1n) is 12.2. The van der Waals surface area contributed by atoms with E-state index in [2.05, 4.69) is 46.3 Å². The number of hydrogen-bond donors (Lipinski definition) is 3. The lowest BCUT2D eigenvalue weighted by atomic mass is 10.1. The smallest absolute Gasteiger partial charge is 0.259 e. The molecule has 0 aliphatic carbocycles. The standard InChI is InChI=1S/C26H27N9O2/c1-37-11-10-34-6-8-35(9-7-34)25-20-3-2-19(13-22(20)32-33-25)30-24-23-17(4-5-29-26(23)36)12-21(31-24)18-14-27-16-28-15-18/h2-5,12-16H,6-11H2,1H3,(H,29,36)(H,30,31)(H,32,33). The van der Waals surface area contributed by atoms with Crippen molar-refractivity contribution in [1.29, 1.82) is 0 Å². The summed E-state index contributed by atoms with van der Waals surface area (Å²) in [6.45, 7) is 5.49. The Kier molecular flexibility index (Phi) is 6.21. The Hall–Kier alpha value is -4.35. The predicted octanol–water partition coefficient (Wildman–Crippen LogP) is 2.77. The van der Waals surface area contributed by atoms with Crippen LogP contribution >= 0.6 is 0 Å². The van der Waals surface area contributed by atoms with E-state index in [1.807, 2.05) is 24.3 Å². The summed E-state index contributed by atoms with van der Waals surface area (Å²) in [4.78, 5) is 33.2. The van der Waals surface area contributed by atoms with Crippen molar-refractivity contribution >= 4 is 39.0 Å². The molecular weight excluding hydrogens is 470 g/mol. The van der Waals surface area contributed by atoms with E-state index in [-0.39, 0.29) is 5.56 Å². The van der Waals surface area contributed by atoms with E-state index < -0.39 is 0 Å². The van der Waals surface area contributed by atoms with E-state index in [9.17, 15) is 4.79 Å². The lowest BCUT2D eigenvalue weighted by molar-refractivity contribution is 0.144. The fourth-order valence-electron chi connectivity index (χ4n) is 4.75. The summed E-state index contributed by atoms with van der Waals surface area (Å²) in [5, 5.41) is 13.5. The summed E-state index contributed by atoms with van der Waals surface area (Å²) in [7, 11) is 1.74. The van der Waals surface area contributed by atoms with Crippen LogP contribution in [-0.2, 0) is 4.74 Å². The van der Waals surface area contributed by atoms with Gasteiger partial charge in [0, 0.05) is 75.1 Å². The third kappa shape index (κ3) is 4.61. The number of methoxy groups -OCH3 is 1. The van der Waals surface area contributed by atoms with Crippen molar-refractivity contribution in [2.45, 2.75) is 0 Å². The first kappa shape index (κ1) is 23.1. The SMILES string of the molecule is COCCN1CCN(c2n[nH]c3cc(Nc4nc(-c5cncnc5)cc5cc[nH]c(=O)c45)ccc23)CC1. The van der Waals surface area contributed by atoms with Gasteiger partial charge in [-0.15, -0.1) is 0 Å². The number of hydrogen-bond acceptors (Lipinski definition) is 9. The number of nitrogens with zero attached hydrogens (tertiary/aromatic N) is 6. The zero-order valence-corrected chi connectivity index (χ0v) is 20.4. The zero-order chi connectivity index (χ0) is 25.2. The maximum atomic E-state index is 12.7. The molecule has 11 heteroatoms. The Balaban J connectivity index is 1.29. The van der Waals surface area contributed by atoms with Crippen LogP contribution in [0.25, 0.3) is 32.9 Å². The van der Waals surface area contributed by atoms with Gasteiger partial charge in [-0.3, -0.25) is 14.8 Å². The number of anilines is 3. The minimum absolute atomic E-state index is 0.210. The summed E-state index contributed by atoms with van der Waals surface area (Å²) < 4.78 is 5.21. The number of aromatic nitrogens is 6. The molecule has 0 atom stereocenters. The molecule has 6 rings (SSSR count). The highest BCUT2D eigenvalue weighted by atomic mass is 16.5. The molecule has 5 heterocycles. The van der Waals surface area contributed by atoms with Crippen LogP contribution in [0.2, 0.25) is 0 Å². The van der Waals surface area contributed by atoms with Crippen LogP contribution in [0.5, 0.6) is 0 Å². The van der Waals surface area contributed by atoms with Crippen molar-refractivity contribution in [3.63, 3.8) is 0 Å². The summed E-state index contributed by atoms with van der Waals surface area (Å²) in [5.41, 5.74) is 2.94. The van der Waals surface area contributed by atoms with Crippen LogP contribution in [0.4, 0.5) is 17.3 Å². The number of nitrogens with one attached hydrogen (secondary N) is 3. The molecule has 188 valence electrons. The number of rotatable bonds is 7. The number of ether oxygens (including phenoxy) is 1. The van der Waals surface area contributed by atoms with E-state index in [1.165, 1.54) is 6.33 Å². The van der Waals surface area contributed by atoms with Crippen molar-refractivity contribution in [3.05, 3.63) is 65.6 Å². The number of benzene rings is 1. The second-order valence-corrected chi connectivity index (χ2v) is 9.01. The Labute approximate surface area is 212 Å². The fourth-order valence-corrected chi connectivity index (χ4v) is 4.75. The van der Waals surface area contributed by atoms with Crippen molar-refractivity contribution in [2.24, 2.45) is 0 Å². The van der Waals surface area contributed by atoms with E-state index >= 15 is 0 Å². The minimum Gasteiger partial charge on any atom is -0.383 e. The average molecular weight is 498 g/mol. The van der Waals surface area contributed by atoms with Gasteiger partial charge < -0.3 is 19.9 Å². The van der Waals surface area contributed by atoms with Crippen LogP contribution in [0.1, 0.15) is 0 Å². The van der Waals surface area contributed by atoms with Crippen molar-refractivity contribution in [2.75, 3.05) is 56.7 Å². The molecule has 0 amide bonds. The Morgan fingerprint density at radius 3 is 2.73 bits per heavy atom. The molecule has 0 unspecified atom stereocenters. The number of pyridine rings is 2. The average Bonchev–Trinajstić information content (AvgIpc) is 3.36. The van der Waals surface area contributed by atoms with Gasteiger partial charge in [-0.05, 0) is 35.7 Å². The lowest BCUT2D eigenvalue weighted by Crippen LogP contribution is -2.47. The van der Waals surface area contributed by atoms with Gasteiger partial charge in [0.25, 0.3) is 5.56 Å². The Bertz CT molecular complexity index is 1590. The van der Waals surface area contributed by atoms with Crippen molar-refractivity contribution in [3.8, 4) is 11.3 Å². The third-order valence-corrected chi connectivity index (χ3v) is 6.70. The summed E-state index contributed by atoms with van der Waals surface area (Å²) >= 11 is 0. The van der Waals surface area contributed by atoms with Gasteiger partial charge in [0.15, 0.2) is 5.82 Å². The van der Waals surface area contributed by atoms with E-state index in [4.69, 9.17) is 9.72 Å². The van der Waals surface area contributed by atoms with Crippen molar-refractivity contribution < 1.29 is 4.74 Å². The predicted molar refractivity (Wildman–Crippen MR) is 143 cm³/mol. The number of aromatic amines is 2. The molecule has 5 aromatic rings. The van der Waals surface area contributed by atoms with E-state index in [1.54, 1.807) is 25.7 Å². The monoisotopic (exact) mass is 497 g/mol. The first-order chi connectivity index (χ1) is 18.2. The minimum atomic E-state index is -0.210. The van der Waals surface area contributed by atoms with Gasteiger partial charge in [0.2, 0.25) is 0 Å². The van der Waals surface area contributed by atoms with Gasteiger partial charge in [0.05, 0.1) is 23.2 Å². The largest absolute Gasteiger partial charge is 0.383 e. The topological polar surface area (TPSA) is 128 Å². The van der Waals surface area contributed by atoms with Gasteiger partial charge in [0.1, 0.15) is 12.1 Å². The molecule has 0 saturated carbocycles. The molecular formula is C26H27N9O2. The second-order valence-electron chi connectivity index (χ2n) is 9.01. The molecule has 4 aromatic heterocycles. The molecule has 11 nitrogen and oxygen atoms in total. The molecule has 37 heavy (non-hydrogen) atoms. The molecule has 3 N–H and O–H groups in total. The highest BCUT2D eigenvalue weighted by Crippen LogP contribution is 2.31. The van der Waals surface area contributed by atoms with Gasteiger partial charge in [-0.2, -0.15) is 5.10 Å². The van der Waals surface area contributed by atoms with Crippen LogP contribution in [0.15, 0.2) is 60.0 Å². The van der Waals surface area contributed by atoms with E-state index in [0.29, 0.717) is 16.9 Å². The zero-order valence-electron chi connectivity index (χ0n) is 20.4. The lowest BCUT2D eigenvalue weighted by Gasteiger charge is -2.34. The van der Waals surface area contributed by atoms with Gasteiger partial charge >= 0.3 is 0 Å². The molecule has 1 aromatic carbocycles. The Morgan fingerprint density at radius 1 is 1.08 bits per heavy atom. The molecule has 0 spiro atoms. The van der Waals surface area contributed by atoms with Crippen molar-refractivity contribution in [1.82, 2.24) is 35.0 Å². The molecule has 0 bridgehead atoms. The second kappa shape index (κ2) is 9.96. The number of piperazine rings is 1. The molecule has 1 saturated heterocycles. The summed E-state index contributed by atoms with van der Waals surface area (Å²) in [6, 6.07) is 9.75. The van der Waals surface area contributed by atoms with Crippen LogP contribution < -0.4 is 15.8 Å². The molecule has 1 aliphatic heterocycles. The summed E-state index contributed by atoms with van der Waals surface area (Å²) in [5.74, 6) is 1.42. The number of H-pyrrole nitrogens is 2. The highest BCUT2D eigenvalue weighted by molar-refractivity contribution is 5.97. The number of fused-ring (bicyclic) bond motifs is 2. The Morgan fingerprint density at radius 2 is 1.92 bits per heavy atom. The third-order valence-electron chi connectivity index (χ3n) is 6.70. The van der Waals surface area contributed by atoms with E-state index in [0.717, 1.165) is 72.7 Å². The highest BCUT2D eigenvalue weighted by Gasteiger charge is 2.21. The normalized spacial score (nSPS) is 14.5. The quantitative estimate of drug-likeness (QED) is 0.311. The first-order valence-corrected chi connectivity index (χ1v) is 12.2. The maximum absolute atomic E-state index is 12.7. The summed E-state index contributed by atoms with van der Waals surface area (Å²) in [6.07, 6.45) is 6.51. The fraction of sp³-hybridized carbons (Fsp3) is 0.269. The van der Waals surface area contributed by atoms with Gasteiger partial charge in [-0.25, -0.2) is 15.0 Å². The van der Waals surface area contributed by atoms with Crippen LogP contribution in [0, 0.1) is 0 Å². The maximum Gasteiger partial charge on any atom is 0.259 e. The van der Waals surface area contributed by atoms with Crippen LogP contribution in [0.3, 0.4) is 0 Å². The van der Waals surface area contributed by atoms with Gasteiger partial charge in [-0.1, -0.05) is 0 Å². The molecule has 1 fully saturated rings.